The first kappa shape index (κ1) is 22.9. The third-order valence-corrected chi connectivity index (χ3v) is 5.95. The molecule has 0 amide bonds. The summed E-state index contributed by atoms with van der Waals surface area (Å²) in [7, 11) is 0. The Labute approximate surface area is 187 Å². The number of halogens is 2. The molecule has 0 saturated carbocycles. The summed E-state index contributed by atoms with van der Waals surface area (Å²) in [5, 5.41) is 3.28. The van der Waals surface area contributed by atoms with Crippen molar-refractivity contribution in [3.63, 3.8) is 0 Å². The second-order valence-corrected chi connectivity index (χ2v) is 8.69. The largest absolute Gasteiger partial charge is 0.370 e. The first-order valence-corrected chi connectivity index (χ1v) is 10.2. The van der Waals surface area contributed by atoms with Gasteiger partial charge in [0.25, 0.3) is 0 Å². The van der Waals surface area contributed by atoms with Crippen molar-refractivity contribution in [3.8, 4) is 0 Å². The van der Waals surface area contributed by atoms with Gasteiger partial charge in [-0.05, 0) is 24.3 Å². The number of hydrogen-bond acceptors (Lipinski definition) is 4. The van der Waals surface area contributed by atoms with E-state index < -0.39 is 0 Å². The Bertz CT molecular complexity index is 777. The number of benzene rings is 1. The smallest absolute Gasteiger partial charge is 0.191 e. The number of hydrogen-bond donors (Lipinski definition) is 1. The highest BCUT2D eigenvalue weighted by Gasteiger charge is 2.19. The average Bonchev–Trinajstić information content (AvgIpc) is 3.12. The fourth-order valence-electron chi connectivity index (χ4n) is 3.00. The highest BCUT2D eigenvalue weighted by atomic mass is 127. The van der Waals surface area contributed by atoms with Crippen LogP contribution in [0.2, 0.25) is 0 Å². The Morgan fingerprint density at radius 1 is 1.18 bits per heavy atom. The molecule has 0 spiro atoms. The van der Waals surface area contributed by atoms with Crippen molar-refractivity contribution >= 4 is 47.0 Å². The molecule has 0 atom stereocenters. The molecule has 1 aliphatic rings. The van der Waals surface area contributed by atoms with Crippen LogP contribution in [-0.4, -0.2) is 48.6 Å². The van der Waals surface area contributed by atoms with Gasteiger partial charge in [-0.15, -0.1) is 35.3 Å². The maximum Gasteiger partial charge on any atom is 0.191 e. The lowest BCUT2D eigenvalue weighted by Crippen LogP contribution is -2.51. The van der Waals surface area contributed by atoms with E-state index in [0.29, 0.717) is 12.5 Å². The predicted octanol–water partition coefficient (Wildman–Crippen LogP) is 3.88. The predicted molar refractivity (Wildman–Crippen MR) is 127 cm³/mol. The zero-order valence-corrected chi connectivity index (χ0v) is 19.8. The standard InChI is InChI=1S/C20H28FN5S.HI/c1-20(2,3)18-24-16(14-27-18)8-9-23-19(22)26-12-10-25(11-13-26)17-6-4-15(21)5-7-17;/h4-7,14H,8-13H2,1-3H3,(H2,22,23);1H. The molecule has 1 aromatic heterocycles. The molecular formula is C20H29FIN5S. The molecule has 3 rings (SSSR count). The van der Waals surface area contributed by atoms with Gasteiger partial charge in [0, 0.05) is 55.6 Å². The Balaban J connectivity index is 0.00000280. The maximum atomic E-state index is 13.1. The summed E-state index contributed by atoms with van der Waals surface area (Å²) < 4.78 is 13.1. The zero-order valence-electron chi connectivity index (χ0n) is 16.7. The fourth-order valence-corrected chi connectivity index (χ4v) is 3.94. The van der Waals surface area contributed by atoms with Crippen LogP contribution in [0.25, 0.3) is 0 Å². The van der Waals surface area contributed by atoms with E-state index in [2.05, 4.69) is 40.9 Å². The molecule has 0 unspecified atom stereocenters. The van der Waals surface area contributed by atoms with E-state index in [1.807, 2.05) is 12.1 Å². The number of piperazine rings is 1. The number of aromatic nitrogens is 1. The van der Waals surface area contributed by atoms with Crippen molar-refractivity contribution in [1.82, 2.24) is 9.88 Å². The molecule has 1 saturated heterocycles. The van der Waals surface area contributed by atoms with Crippen LogP contribution >= 0.6 is 35.3 Å². The van der Waals surface area contributed by atoms with Crippen LogP contribution in [-0.2, 0) is 11.8 Å². The van der Waals surface area contributed by atoms with Gasteiger partial charge in [-0.25, -0.2) is 9.37 Å². The van der Waals surface area contributed by atoms with Crippen LogP contribution < -0.4 is 10.6 Å². The van der Waals surface area contributed by atoms with Crippen LogP contribution in [0.3, 0.4) is 0 Å². The topological polar surface area (TPSA) is 57.8 Å². The van der Waals surface area contributed by atoms with Crippen molar-refractivity contribution in [2.75, 3.05) is 37.6 Å². The summed E-state index contributed by atoms with van der Waals surface area (Å²) >= 11 is 1.71. The summed E-state index contributed by atoms with van der Waals surface area (Å²) in [6.07, 6.45) is 0.808. The number of guanidine groups is 1. The van der Waals surface area contributed by atoms with Gasteiger partial charge >= 0.3 is 0 Å². The summed E-state index contributed by atoms with van der Waals surface area (Å²) in [5.41, 5.74) is 8.41. The minimum absolute atomic E-state index is 0. The van der Waals surface area contributed by atoms with Crippen molar-refractivity contribution in [2.24, 2.45) is 10.7 Å². The van der Waals surface area contributed by atoms with Crippen molar-refractivity contribution in [3.05, 3.63) is 46.2 Å². The van der Waals surface area contributed by atoms with E-state index in [0.717, 1.165) is 49.0 Å². The van der Waals surface area contributed by atoms with Crippen molar-refractivity contribution < 1.29 is 4.39 Å². The Morgan fingerprint density at radius 2 is 1.82 bits per heavy atom. The molecule has 8 heteroatoms. The van der Waals surface area contributed by atoms with Crippen molar-refractivity contribution in [1.29, 1.82) is 0 Å². The summed E-state index contributed by atoms with van der Waals surface area (Å²) in [5.74, 6) is 0.392. The van der Waals surface area contributed by atoms with Gasteiger partial charge in [0.2, 0.25) is 0 Å². The van der Waals surface area contributed by atoms with Gasteiger partial charge < -0.3 is 15.5 Å². The zero-order chi connectivity index (χ0) is 19.4. The Kier molecular flexibility index (Phi) is 8.06. The van der Waals surface area contributed by atoms with E-state index in [1.54, 1.807) is 11.3 Å². The quantitative estimate of drug-likeness (QED) is 0.380. The SMILES string of the molecule is CC(C)(C)c1nc(CCN=C(N)N2CCN(c3ccc(F)cc3)CC2)cs1.I. The van der Waals surface area contributed by atoms with E-state index in [-0.39, 0.29) is 35.2 Å². The Hall–Kier alpha value is -1.42. The van der Waals surface area contributed by atoms with E-state index in [1.165, 1.54) is 12.1 Å². The van der Waals surface area contributed by atoms with Gasteiger partial charge in [0.05, 0.1) is 10.7 Å². The Morgan fingerprint density at radius 3 is 2.39 bits per heavy atom. The molecule has 1 aliphatic heterocycles. The van der Waals surface area contributed by atoms with Crippen LogP contribution in [0.5, 0.6) is 0 Å². The molecule has 2 N–H and O–H groups in total. The van der Waals surface area contributed by atoms with Crippen LogP contribution in [0.4, 0.5) is 10.1 Å². The molecule has 1 fully saturated rings. The molecule has 1 aromatic carbocycles. The normalized spacial score (nSPS) is 15.5. The second kappa shape index (κ2) is 9.87. The number of nitrogens with zero attached hydrogens (tertiary/aromatic N) is 4. The molecule has 5 nitrogen and oxygen atoms in total. The first-order chi connectivity index (χ1) is 12.8. The molecule has 0 bridgehead atoms. The molecular weight excluding hydrogens is 488 g/mol. The number of rotatable bonds is 4. The van der Waals surface area contributed by atoms with Crippen LogP contribution in [0, 0.1) is 5.82 Å². The second-order valence-electron chi connectivity index (χ2n) is 7.83. The molecule has 154 valence electrons. The van der Waals surface area contributed by atoms with Gasteiger partial charge in [-0.3, -0.25) is 4.99 Å². The first-order valence-electron chi connectivity index (χ1n) is 9.33. The van der Waals surface area contributed by atoms with Gasteiger partial charge in [-0.2, -0.15) is 0 Å². The van der Waals surface area contributed by atoms with Crippen molar-refractivity contribution in [2.45, 2.75) is 32.6 Å². The van der Waals surface area contributed by atoms with Gasteiger partial charge in [0.15, 0.2) is 5.96 Å². The maximum absolute atomic E-state index is 13.1. The lowest BCUT2D eigenvalue weighted by Gasteiger charge is -2.36. The summed E-state index contributed by atoms with van der Waals surface area (Å²) in [6.45, 7) is 10.5. The summed E-state index contributed by atoms with van der Waals surface area (Å²) in [4.78, 5) is 13.6. The average molecular weight is 517 g/mol. The van der Waals surface area contributed by atoms with Gasteiger partial charge in [0.1, 0.15) is 5.82 Å². The monoisotopic (exact) mass is 517 g/mol. The highest BCUT2D eigenvalue weighted by Crippen LogP contribution is 2.25. The molecule has 2 aromatic rings. The number of anilines is 1. The number of nitrogens with two attached hydrogens (primary N) is 1. The molecule has 0 radical (unpaired) electrons. The fraction of sp³-hybridized carbons (Fsp3) is 0.500. The lowest BCUT2D eigenvalue weighted by molar-refractivity contribution is 0.381. The third-order valence-electron chi connectivity index (χ3n) is 4.63. The molecule has 2 heterocycles. The minimum atomic E-state index is -0.205. The number of thiazole rings is 1. The summed E-state index contributed by atoms with van der Waals surface area (Å²) in [6, 6.07) is 6.65. The van der Waals surface area contributed by atoms with E-state index in [9.17, 15) is 4.39 Å². The minimum Gasteiger partial charge on any atom is -0.370 e. The number of aliphatic imine (C=N–C) groups is 1. The highest BCUT2D eigenvalue weighted by molar-refractivity contribution is 14.0. The van der Waals surface area contributed by atoms with E-state index >= 15 is 0 Å². The van der Waals surface area contributed by atoms with Crippen LogP contribution in [0.15, 0.2) is 34.6 Å². The molecule has 28 heavy (non-hydrogen) atoms. The molecule has 0 aliphatic carbocycles. The van der Waals surface area contributed by atoms with Gasteiger partial charge in [-0.1, -0.05) is 20.8 Å². The van der Waals surface area contributed by atoms with E-state index in [4.69, 9.17) is 10.7 Å². The third kappa shape index (κ3) is 6.04. The lowest BCUT2D eigenvalue weighted by atomic mass is 9.98. The van der Waals surface area contributed by atoms with Crippen LogP contribution in [0.1, 0.15) is 31.5 Å².